The van der Waals surface area contributed by atoms with E-state index in [9.17, 15) is 0 Å². The molecular weight excluding hydrogens is 1020 g/mol. The zero-order valence-corrected chi connectivity index (χ0v) is 52.1. The molecule has 0 radical (unpaired) electrons. The molecule has 2 aliphatic heterocycles. The van der Waals surface area contributed by atoms with Crippen LogP contribution < -0.4 is 30.4 Å². The molecule has 6 aliphatic rings. The SMILES string of the molecule is [2H]C([2H])([2H])c1ccccc1N(c1ccccc1)c1cc2c3c(c1)N(c1ccc4c(c1)C(C)(C)CCC4(C)C)c1c(sc4cc5c(cc14)C1(C)CCC5(C)C1)B3c1cc3c(cc1N2c1ccc(C(C)(C)C)cc1-c1ccccc1)C(C)(C)CCC3(C)C. The zero-order valence-electron chi connectivity index (χ0n) is 54.3. The van der Waals surface area contributed by atoms with Crippen molar-refractivity contribution in [3.05, 3.63) is 202 Å². The van der Waals surface area contributed by atoms with Crippen LogP contribution in [0, 0.1) is 6.85 Å². The summed E-state index contributed by atoms with van der Waals surface area (Å²) in [5.74, 6) is 0. The van der Waals surface area contributed by atoms with Crippen LogP contribution in [0.4, 0.5) is 51.2 Å². The molecular formula is C78H82BN3S. The highest BCUT2D eigenvalue weighted by atomic mass is 32.1. The van der Waals surface area contributed by atoms with Crippen LogP contribution in [-0.2, 0) is 37.9 Å². The number of fused-ring (bicyclic) bond motifs is 13. The number of para-hydroxylation sites is 2. The second-order valence-electron chi connectivity index (χ2n) is 30.3. The molecule has 2 bridgehead atoms. The third-order valence-electron chi connectivity index (χ3n) is 21.8. The van der Waals surface area contributed by atoms with E-state index in [-0.39, 0.29) is 44.6 Å². The van der Waals surface area contributed by atoms with Gasteiger partial charge in [0.05, 0.1) is 17.1 Å². The first-order chi connectivity index (χ1) is 40.6. The van der Waals surface area contributed by atoms with E-state index in [1.807, 2.05) is 29.5 Å². The molecule has 3 heterocycles. The fourth-order valence-corrected chi connectivity index (χ4v) is 18.1. The molecule has 4 aliphatic carbocycles. The lowest BCUT2D eigenvalue weighted by Gasteiger charge is -2.48. The van der Waals surface area contributed by atoms with Crippen molar-refractivity contribution >= 4 is 95.0 Å². The summed E-state index contributed by atoms with van der Waals surface area (Å²) < 4.78 is 30.2. The average Bonchev–Trinajstić information content (AvgIpc) is 1.23. The molecule has 83 heavy (non-hydrogen) atoms. The Hall–Kier alpha value is -6.82. The maximum atomic E-state index is 9.15. The van der Waals surface area contributed by atoms with E-state index >= 15 is 0 Å². The predicted molar refractivity (Wildman–Crippen MR) is 359 cm³/mol. The van der Waals surface area contributed by atoms with Gasteiger partial charge in [-0.1, -0.05) is 175 Å². The first kappa shape index (κ1) is 49.6. The molecule has 2 unspecified atom stereocenters. The van der Waals surface area contributed by atoms with Gasteiger partial charge in [-0.15, -0.1) is 11.3 Å². The maximum absolute atomic E-state index is 9.15. The van der Waals surface area contributed by atoms with Crippen LogP contribution in [0.25, 0.3) is 21.2 Å². The topological polar surface area (TPSA) is 9.72 Å². The Morgan fingerprint density at radius 1 is 0.506 bits per heavy atom. The monoisotopic (exact) mass is 1110 g/mol. The van der Waals surface area contributed by atoms with Crippen LogP contribution in [0.5, 0.6) is 0 Å². The van der Waals surface area contributed by atoms with Gasteiger partial charge in [-0.25, -0.2) is 0 Å². The summed E-state index contributed by atoms with van der Waals surface area (Å²) in [5, 5.41) is 1.33. The molecule has 15 rings (SSSR count). The molecule has 5 heteroatoms. The summed E-state index contributed by atoms with van der Waals surface area (Å²) in [4.78, 5) is 7.59. The number of benzene rings is 8. The van der Waals surface area contributed by atoms with Gasteiger partial charge in [0.25, 0.3) is 6.71 Å². The highest BCUT2D eigenvalue weighted by Crippen LogP contribution is 2.63. The van der Waals surface area contributed by atoms with Crippen molar-refractivity contribution in [2.75, 3.05) is 14.7 Å². The largest absolute Gasteiger partial charge is 0.311 e. The summed E-state index contributed by atoms with van der Waals surface area (Å²) in [6.07, 6.45) is 8.08. The molecule has 0 saturated heterocycles. The summed E-state index contributed by atoms with van der Waals surface area (Å²) in [6.45, 7) is 29.2. The second kappa shape index (κ2) is 17.6. The number of rotatable bonds is 6. The lowest BCUT2D eigenvalue weighted by molar-refractivity contribution is 0.332. The molecule has 418 valence electrons. The smallest absolute Gasteiger partial charge is 0.264 e. The summed E-state index contributed by atoms with van der Waals surface area (Å²) in [6, 6.07) is 59.5. The summed E-state index contributed by atoms with van der Waals surface area (Å²) >= 11 is 2.03. The minimum absolute atomic E-state index is 0.0259. The summed E-state index contributed by atoms with van der Waals surface area (Å²) in [7, 11) is 0. The molecule has 3 nitrogen and oxygen atoms in total. The standard InChI is InChI=1S/C78H82BN3S/c1-48-23-21-22-28-63(48)80(51-26-19-16-20-27-51)53-41-66-69-67(42-53)82(64-32-29-50(72(2,3)4)39-54(64)49-24-17-15-18-25-49)65-45-59-58(75(9,10)35-36-76(59,11)12)44-62(65)79(69)71-70(55-43-60-61(46-68(55)83-71)78(14)38-37-77(60,13)47-78)81(66)52-30-31-56-57(40-52)74(7,8)34-33-73(56,5)6/h15-32,39-46H,33-38,47H2,1-14H3/i1D3. The van der Waals surface area contributed by atoms with Gasteiger partial charge in [-0.2, -0.15) is 0 Å². The molecule has 1 saturated carbocycles. The van der Waals surface area contributed by atoms with Gasteiger partial charge in [0.1, 0.15) is 0 Å². The van der Waals surface area contributed by atoms with Gasteiger partial charge in [0, 0.05) is 58.7 Å². The van der Waals surface area contributed by atoms with E-state index in [2.05, 4.69) is 238 Å². The van der Waals surface area contributed by atoms with E-state index in [0.717, 1.165) is 65.4 Å². The van der Waals surface area contributed by atoms with Crippen molar-refractivity contribution in [1.82, 2.24) is 0 Å². The van der Waals surface area contributed by atoms with Crippen LogP contribution in [0.1, 0.15) is 184 Å². The first-order valence-corrected chi connectivity index (χ1v) is 31.8. The second-order valence-corrected chi connectivity index (χ2v) is 31.4. The minimum atomic E-state index is -2.39. The molecule has 0 N–H and O–H groups in total. The Morgan fingerprint density at radius 2 is 1.10 bits per heavy atom. The van der Waals surface area contributed by atoms with E-state index in [1.54, 1.807) is 11.6 Å². The van der Waals surface area contributed by atoms with Crippen molar-refractivity contribution in [2.45, 2.75) is 180 Å². The van der Waals surface area contributed by atoms with Gasteiger partial charge in [-0.05, 0) is 223 Å². The lowest BCUT2D eigenvalue weighted by atomic mass is 9.35. The van der Waals surface area contributed by atoms with Crippen LogP contribution >= 0.6 is 11.3 Å². The van der Waals surface area contributed by atoms with Crippen molar-refractivity contribution in [1.29, 1.82) is 0 Å². The molecule has 0 amide bonds. The highest BCUT2D eigenvalue weighted by Gasteiger charge is 2.54. The van der Waals surface area contributed by atoms with Crippen LogP contribution in [0.3, 0.4) is 0 Å². The fraction of sp³-hybridized carbons (Fsp3) is 0.359. The number of aryl methyl sites for hydroxylation is 1. The number of hydrogen-bond acceptors (Lipinski definition) is 4. The normalized spacial score (nSPS) is 22.4. The number of hydrogen-bond donors (Lipinski definition) is 0. The Kier molecular flexibility index (Phi) is 10.5. The molecule has 8 aromatic carbocycles. The van der Waals surface area contributed by atoms with Gasteiger partial charge in [0.15, 0.2) is 0 Å². The molecule has 1 fully saturated rings. The molecule has 9 aromatic rings. The Labute approximate surface area is 504 Å². The minimum Gasteiger partial charge on any atom is -0.311 e. The number of anilines is 9. The van der Waals surface area contributed by atoms with E-state index in [0.29, 0.717) is 11.3 Å². The van der Waals surface area contributed by atoms with Gasteiger partial charge >= 0.3 is 0 Å². The van der Waals surface area contributed by atoms with Crippen molar-refractivity contribution in [3.63, 3.8) is 0 Å². The molecule has 2 atom stereocenters. The van der Waals surface area contributed by atoms with Crippen LogP contribution in [0.2, 0.25) is 0 Å². The van der Waals surface area contributed by atoms with E-state index < -0.39 is 6.85 Å². The third kappa shape index (κ3) is 7.80. The quantitative estimate of drug-likeness (QED) is 0.154. The number of thiophene rings is 1. The van der Waals surface area contributed by atoms with Crippen molar-refractivity contribution < 1.29 is 4.11 Å². The molecule has 0 spiro atoms. The fourth-order valence-electron chi connectivity index (χ4n) is 16.7. The first-order valence-electron chi connectivity index (χ1n) is 32.5. The van der Waals surface area contributed by atoms with Crippen molar-refractivity contribution in [2.24, 2.45) is 0 Å². The van der Waals surface area contributed by atoms with Crippen LogP contribution in [0.15, 0.2) is 158 Å². The Morgan fingerprint density at radius 3 is 1.76 bits per heavy atom. The lowest BCUT2D eigenvalue weighted by Crippen LogP contribution is -2.61. The average molecular weight is 1110 g/mol. The number of nitrogens with zero attached hydrogens (tertiary/aromatic N) is 3. The van der Waals surface area contributed by atoms with E-state index in [1.165, 1.54) is 95.4 Å². The summed E-state index contributed by atoms with van der Waals surface area (Å²) in [5.41, 5.74) is 24.8. The van der Waals surface area contributed by atoms with Crippen molar-refractivity contribution in [3.8, 4) is 11.1 Å². The zero-order chi connectivity index (χ0) is 60.2. The molecule has 1 aromatic heterocycles. The van der Waals surface area contributed by atoms with Gasteiger partial charge in [0.2, 0.25) is 0 Å². The highest BCUT2D eigenvalue weighted by molar-refractivity contribution is 7.33. The predicted octanol–water partition coefficient (Wildman–Crippen LogP) is 20.1. The van der Waals surface area contributed by atoms with Crippen LogP contribution in [-0.4, -0.2) is 6.71 Å². The maximum Gasteiger partial charge on any atom is 0.264 e. The third-order valence-corrected chi connectivity index (χ3v) is 23.0. The Bertz CT molecular complexity index is 4310. The Balaban J connectivity index is 1.14. The van der Waals surface area contributed by atoms with E-state index in [4.69, 9.17) is 4.11 Å². The van der Waals surface area contributed by atoms with Gasteiger partial charge < -0.3 is 14.7 Å². The van der Waals surface area contributed by atoms with Gasteiger partial charge in [-0.3, -0.25) is 0 Å².